The first-order valence-electron chi connectivity index (χ1n) is 7.50. The van der Waals surface area contributed by atoms with Gasteiger partial charge < -0.3 is 15.4 Å². The van der Waals surface area contributed by atoms with Gasteiger partial charge in [0.1, 0.15) is 0 Å². The van der Waals surface area contributed by atoms with E-state index in [1.807, 2.05) is 0 Å². The van der Waals surface area contributed by atoms with Gasteiger partial charge in [-0.3, -0.25) is 9.59 Å². The van der Waals surface area contributed by atoms with Gasteiger partial charge in [-0.15, -0.1) is 0 Å². The number of amides is 2. The van der Waals surface area contributed by atoms with E-state index < -0.39 is 18.0 Å². The van der Waals surface area contributed by atoms with Gasteiger partial charge >= 0.3 is 5.97 Å². The molecule has 0 aliphatic heterocycles. The van der Waals surface area contributed by atoms with E-state index in [1.165, 1.54) is 26.0 Å². The van der Waals surface area contributed by atoms with Crippen molar-refractivity contribution in [3.05, 3.63) is 58.6 Å². The standard InChI is InChI=1S/C18H17BrN2O4/c1-11(17(23)21-16-9-5-14(19)6-10-16)25-18(24)13-3-7-15(8-4-13)20-12(2)22/h3-11H,1-2H3,(H,20,22)(H,21,23)/t11-/m0/s1. The molecule has 2 aromatic carbocycles. The third-order valence-electron chi connectivity index (χ3n) is 3.21. The zero-order chi connectivity index (χ0) is 18.4. The fraction of sp³-hybridized carbons (Fsp3) is 0.167. The Labute approximate surface area is 153 Å². The monoisotopic (exact) mass is 404 g/mol. The van der Waals surface area contributed by atoms with Crippen LogP contribution in [0, 0.1) is 0 Å². The molecule has 2 amide bonds. The molecule has 0 fully saturated rings. The van der Waals surface area contributed by atoms with E-state index in [4.69, 9.17) is 4.74 Å². The summed E-state index contributed by atoms with van der Waals surface area (Å²) < 4.78 is 6.06. The number of rotatable bonds is 5. The number of benzene rings is 2. The molecule has 0 saturated heterocycles. The number of anilines is 2. The van der Waals surface area contributed by atoms with E-state index >= 15 is 0 Å². The highest BCUT2D eigenvalue weighted by Gasteiger charge is 2.19. The number of nitrogens with one attached hydrogen (secondary N) is 2. The molecule has 0 bridgehead atoms. The maximum Gasteiger partial charge on any atom is 0.338 e. The number of esters is 1. The Morgan fingerprint density at radius 3 is 2.00 bits per heavy atom. The summed E-state index contributed by atoms with van der Waals surface area (Å²) in [5.74, 6) is -1.24. The Balaban J connectivity index is 1.93. The molecule has 0 spiro atoms. The maximum absolute atomic E-state index is 12.1. The Morgan fingerprint density at radius 2 is 1.44 bits per heavy atom. The van der Waals surface area contributed by atoms with Crippen molar-refractivity contribution in [2.45, 2.75) is 20.0 Å². The van der Waals surface area contributed by atoms with E-state index in [0.29, 0.717) is 11.4 Å². The molecule has 2 aromatic rings. The summed E-state index contributed by atoms with van der Waals surface area (Å²) in [7, 11) is 0. The fourth-order valence-corrected chi connectivity index (χ4v) is 2.22. The third-order valence-corrected chi connectivity index (χ3v) is 3.73. The minimum absolute atomic E-state index is 0.200. The highest BCUT2D eigenvalue weighted by Crippen LogP contribution is 2.15. The van der Waals surface area contributed by atoms with Crippen LogP contribution < -0.4 is 10.6 Å². The van der Waals surface area contributed by atoms with E-state index in [1.54, 1.807) is 36.4 Å². The van der Waals surface area contributed by atoms with Crippen LogP contribution in [-0.4, -0.2) is 23.9 Å². The number of carbonyl (C=O) groups is 3. The Bertz CT molecular complexity index is 773. The molecule has 2 rings (SSSR count). The number of carbonyl (C=O) groups excluding carboxylic acids is 3. The fourth-order valence-electron chi connectivity index (χ4n) is 1.95. The molecular formula is C18H17BrN2O4. The van der Waals surface area contributed by atoms with Crippen LogP contribution in [-0.2, 0) is 14.3 Å². The zero-order valence-electron chi connectivity index (χ0n) is 13.7. The van der Waals surface area contributed by atoms with Crippen LogP contribution in [0.5, 0.6) is 0 Å². The minimum Gasteiger partial charge on any atom is -0.449 e. The molecule has 0 aliphatic carbocycles. The van der Waals surface area contributed by atoms with Gasteiger partial charge in [0.05, 0.1) is 5.56 Å². The lowest BCUT2D eigenvalue weighted by molar-refractivity contribution is -0.123. The molecule has 0 saturated carbocycles. The molecule has 130 valence electrons. The first-order valence-corrected chi connectivity index (χ1v) is 8.29. The predicted molar refractivity (Wildman–Crippen MR) is 98.4 cm³/mol. The van der Waals surface area contributed by atoms with Gasteiger partial charge in [0, 0.05) is 22.8 Å². The van der Waals surface area contributed by atoms with Gasteiger partial charge in [-0.05, 0) is 55.5 Å². The molecule has 25 heavy (non-hydrogen) atoms. The van der Waals surface area contributed by atoms with Crippen molar-refractivity contribution in [1.82, 2.24) is 0 Å². The Kier molecular flexibility index (Phi) is 6.30. The molecule has 0 aliphatic rings. The van der Waals surface area contributed by atoms with E-state index in [-0.39, 0.29) is 11.5 Å². The largest absolute Gasteiger partial charge is 0.449 e. The predicted octanol–water partition coefficient (Wildman–Crippen LogP) is 3.59. The Hall–Kier alpha value is -2.67. The van der Waals surface area contributed by atoms with Gasteiger partial charge in [0.2, 0.25) is 5.91 Å². The molecule has 1 atom stereocenters. The van der Waals surface area contributed by atoms with Crippen LogP contribution >= 0.6 is 15.9 Å². The number of hydrogen-bond donors (Lipinski definition) is 2. The summed E-state index contributed by atoms with van der Waals surface area (Å²) in [4.78, 5) is 35.2. The van der Waals surface area contributed by atoms with Crippen molar-refractivity contribution in [2.75, 3.05) is 10.6 Å². The zero-order valence-corrected chi connectivity index (χ0v) is 15.3. The quantitative estimate of drug-likeness (QED) is 0.745. The highest BCUT2D eigenvalue weighted by molar-refractivity contribution is 9.10. The summed E-state index contributed by atoms with van der Waals surface area (Å²) in [6, 6.07) is 13.3. The average molecular weight is 405 g/mol. The number of ether oxygens (including phenoxy) is 1. The summed E-state index contributed by atoms with van der Waals surface area (Å²) in [6.45, 7) is 2.89. The van der Waals surface area contributed by atoms with E-state index in [2.05, 4.69) is 26.6 Å². The van der Waals surface area contributed by atoms with Gasteiger partial charge in [0.15, 0.2) is 6.10 Å². The van der Waals surface area contributed by atoms with Crippen LogP contribution in [0.2, 0.25) is 0 Å². The maximum atomic E-state index is 12.1. The Morgan fingerprint density at radius 1 is 0.920 bits per heavy atom. The third kappa shape index (κ3) is 5.72. The van der Waals surface area contributed by atoms with Crippen LogP contribution in [0.3, 0.4) is 0 Å². The first-order chi connectivity index (χ1) is 11.8. The minimum atomic E-state index is -0.953. The first kappa shape index (κ1) is 18.7. The molecule has 7 heteroatoms. The van der Waals surface area contributed by atoms with Crippen LogP contribution in [0.15, 0.2) is 53.0 Å². The van der Waals surface area contributed by atoms with Gasteiger partial charge in [-0.1, -0.05) is 15.9 Å². The number of halogens is 1. The van der Waals surface area contributed by atoms with Gasteiger partial charge in [0.25, 0.3) is 5.91 Å². The van der Waals surface area contributed by atoms with Gasteiger partial charge in [-0.2, -0.15) is 0 Å². The molecule has 0 aromatic heterocycles. The molecule has 0 unspecified atom stereocenters. The summed E-state index contributed by atoms with van der Waals surface area (Å²) >= 11 is 3.31. The van der Waals surface area contributed by atoms with Crippen molar-refractivity contribution in [3.8, 4) is 0 Å². The number of hydrogen-bond acceptors (Lipinski definition) is 4. The summed E-state index contributed by atoms with van der Waals surface area (Å²) in [5.41, 5.74) is 1.47. The van der Waals surface area contributed by atoms with Crippen molar-refractivity contribution in [3.63, 3.8) is 0 Å². The SMILES string of the molecule is CC(=O)Nc1ccc(C(=O)O[C@@H](C)C(=O)Nc2ccc(Br)cc2)cc1. The average Bonchev–Trinajstić information content (AvgIpc) is 2.57. The van der Waals surface area contributed by atoms with E-state index in [0.717, 1.165) is 4.47 Å². The van der Waals surface area contributed by atoms with Crippen LogP contribution in [0.1, 0.15) is 24.2 Å². The lowest BCUT2D eigenvalue weighted by Crippen LogP contribution is -2.30. The normalized spacial score (nSPS) is 11.3. The second-order valence-corrected chi connectivity index (χ2v) is 6.22. The highest BCUT2D eigenvalue weighted by atomic mass is 79.9. The molecule has 2 N–H and O–H groups in total. The van der Waals surface area contributed by atoms with Crippen molar-refractivity contribution in [1.29, 1.82) is 0 Å². The van der Waals surface area contributed by atoms with Crippen molar-refractivity contribution in [2.24, 2.45) is 0 Å². The van der Waals surface area contributed by atoms with Gasteiger partial charge in [-0.25, -0.2) is 4.79 Å². The van der Waals surface area contributed by atoms with Crippen molar-refractivity contribution >= 4 is 45.1 Å². The van der Waals surface area contributed by atoms with Crippen LogP contribution in [0.25, 0.3) is 0 Å². The van der Waals surface area contributed by atoms with E-state index in [9.17, 15) is 14.4 Å². The smallest absolute Gasteiger partial charge is 0.338 e. The lowest BCUT2D eigenvalue weighted by Gasteiger charge is -2.14. The molecule has 6 nitrogen and oxygen atoms in total. The van der Waals surface area contributed by atoms with Crippen molar-refractivity contribution < 1.29 is 19.1 Å². The molecule has 0 heterocycles. The second-order valence-electron chi connectivity index (χ2n) is 5.30. The lowest BCUT2D eigenvalue weighted by atomic mass is 10.2. The molecule has 0 radical (unpaired) electrons. The topological polar surface area (TPSA) is 84.5 Å². The summed E-state index contributed by atoms with van der Waals surface area (Å²) in [5, 5.41) is 5.27. The molecular weight excluding hydrogens is 388 g/mol. The summed E-state index contributed by atoms with van der Waals surface area (Å²) in [6.07, 6.45) is -0.953. The van der Waals surface area contributed by atoms with Crippen LogP contribution in [0.4, 0.5) is 11.4 Å². The second kappa shape index (κ2) is 8.43.